The predicted octanol–water partition coefficient (Wildman–Crippen LogP) is 3.72. The van der Waals surface area contributed by atoms with E-state index in [4.69, 9.17) is 16.3 Å². The largest absolute Gasteiger partial charge is 0.497 e. The van der Waals surface area contributed by atoms with Crippen molar-refractivity contribution in [1.82, 2.24) is 10.6 Å². The second kappa shape index (κ2) is 9.50. The molecule has 1 amide bonds. The van der Waals surface area contributed by atoms with Crippen molar-refractivity contribution in [1.29, 1.82) is 5.26 Å². The van der Waals surface area contributed by atoms with Gasteiger partial charge in [-0.05, 0) is 42.3 Å². The van der Waals surface area contributed by atoms with Crippen LogP contribution in [0.15, 0.2) is 60.3 Å². The normalized spacial score (nSPS) is 12.0. The number of hydrogen-bond acceptors (Lipinski definition) is 4. The highest BCUT2D eigenvalue weighted by Gasteiger charge is 2.10. The van der Waals surface area contributed by atoms with Crippen LogP contribution in [0.3, 0.4) is 0 Å². The molecule has 26 heavy (non-hydrogen) atoms. The quantitative estimate of drug-likeness (QED) is 0.576. The van der Waals surface area contributed by atoms with Crippen LogP contribution in [0, 0.1) is 11.3 Å². The first kappa shape index (κ1) is 19.4. The van der Waals surface area contributed by atoms with Gasteiger partial charge in [0.1, 0.15) is 17.4 Å². The fourth-order valence-corrected chi connectivity index (χ4v) is 2.35. The predicted molar refractivity (Wildman–Crippen MR) is 102 cm³/mol. The van der Waals surface area contributed by atoms with Gasteiger partial charge in [-0.25, -0.2) is 0 Å². The van der Waals surface area contributed by atoms with E-state index in [1.54, 1.807) is 19.2 Å². The number of hydrogen-bond donors (Lipinski definition) is 2. The van der Waals surface area contributed by atoms with Crippen molar-refractivity contribution in [3.05, 3.63) is 76.5 Å². The van der Waals surface area contributed by atoms with Crippen molar-refractivity contribution in [2.24, 2.45) is 0 Å². The fourth-order valence-electron chi connectivity index (χ4n) is 2.23. The Morgan fingerprint density at radius 3 is 2.46 bits per heavy atom. The lowest BCUT2D eigenvalue weighted by atomic mass is 10.1. The molecule has 0 fully saturated rings. The molecular formula is C20H20ClN3O2. The summed E-state index contributed by atoms with van der Waals surface area (Å²) in [5, 5.41) is 15.7. The molecule has 0 spiro atoms. The third-order valence-corrected chi connectivity index (χ3v) is 4.08. The molecule has 134 valence electrons. The van der Waals surface area contributed by atoms with Crippen molar-refractivity contribution in [3.63, 3.8) is 0 Å². The molecule has 5 nitrogen and oxygen atoms in total. The number of nitriles is 1. The van der Waals surface area contributed by atoms with Crippen LogP contribution in [0.1, 0.15) is 24.1 Å². The number of methoxy groups -OCH3 is 1. The number of ether oxygens (including phenoxy) is 1. The highest BCUT2D eigenvalue weighted by atomic mass is 35.5. The summed E-state index contributed by atoms with van der Waals surface area (Å²) in [6.07, 6.45) is 1.44. The monoisotopic (exact) mass is 369 g/mol. The van der Waals surface area contributed by atoms with Gasteiger partial charge in [-0.1, -0.05) is 35.9 Å². The number of carbonyl (C=O) groups is 1. The number of nitrogens with one attached hydrogen (secondary N) is 2. The minimum absolute atomic E-state index is 0.0133. The van der Waals surface area contributed by atoms with Crippen LogP contribution in [0.25, 0.3) is 0 Å². The van der Waals surface area contributed by atoms with Gasteiger partial charge in [0.2, 0.25) is 0 Å². The van der Waals surface area contributed by atoms with Crippen LogP contribution in [0.2, 0.25) is 5.02 Å². The average Bonchev–Trinajstić information content (AvgIpc) is 2.67. The summed E-state index contributed by atoms with van der Waals surface area (Å²) < 4.78 is 5.13. The van der Waals surface area contributed by atoms with Crippen molar-refractivity contribution >= 4 is 17.5 Å². The lowest BCUT2D eigenvalue weighted by Gasteiger charge is -2.13. The maximum Gasteiger partial charge on any atom is 0.263 e. The molecule has 0 heterocycles. The molecule has 0 saturated carbocycles. The van der Waals surface area contributed by atoms with Gasteiger partial charge in [0.15, 0.2) is 0 Å². The summed E-state index contributed by atoms with van der Waals surface area (Å²) in [6, 6.07) is 16.6. The molecule has 2 N–H and O–H groups in total. The number of nitrogens with zero attached hydrogens (tertiary/aromatic N) is 1. The van der Waals surface area contributed by atoms with E-state index in [0.717, 1.165) is 16.9 Å². The van der Waals surface area contributed by atoms with Crippen molar-refractivity contribution in [2.75, 3.05) is 7.11 Å². The summed E-state index contributed by atoms with van der Waals surface area (Å²) in [6.45, 7) is 2.27. The third-order valence-electron chi connectivity index (χ3n) is 3.82. The van der Waals surface area contributed by atoms with Gasteiger partial charge in [-0.3, -0.25) is 4.79 Å². The van der Waals surface area contributed by atoms with Gasteiger partial charge < -0.3 is 15.4 Å². The van der Waals surface area contributed by atoms with Crippen LogP contribution >= 0.6 is 11.6 Å². The molecule has 0 bridgehead atoms. The standard InChI is InChI=1S/C20H20ClN3O2/c1-14(16-5-9-19(26-2)10-6-16)23-13-17(11-22)20(25)24-12-15-3-7-18(21)8-4-15/h3-10,13-14,23H,12H2,1-2H3,(H,24,25)/b17-13-. The molecule has 0 radical (unpaired) electrons. The Hall–Kier alpha value is -2.97. The van der Waals surface area contributed by atoms with Crippen LogP contribution in [-0.2, 0) is 11.3 Å². The zero-order valence-electron chi connectivity index (χ0n) is 14.6. The highest BCUT2D eigenvalue weighted by molar-refractivity contribution is 6.30. The number of halogens is 1. The van der Waals surface area contributed by atoms with E-state index in [2.05, 4.69) is 10.6 Å². The Morgan fingerprint density at radius 1 is 1.23 bits per heavy atom. The van der Waals surface area contributed by atoms with Gasteiger partial charge in [0.25, 0.3) is 5.91 Å². The van der Waals surface area contributed by atoms with Gasteiger partial charge in [0, 0.05) is 23.8 Å². The fraction of sp³-hybridized carbons (Fsp3) is 0.200. The highest BCUT2D eigenvalue weighted by Crippen LogP contribution is 2.17. The molecule has 1 atom stereocenters. The first-order valence-electron chi connectivity index (χ1n) is 8.06. The molecule has 1 unspecified atom stereocenters. The number of carbonyl (C=O) groups excluding carboxylic acids is 1. The molecule has 0 saturated heterocycles. The summed E-state index contributed by atoms with van der Waals surface area (Å²) >= 11 is 5.83. The Kier molecular flexibility index (Phi) is 7.07. The van der Waals surface area contributed by atoms with E-state index in [-0.39, 0.29) is 11.6 Å². The Bertz CT molecular complexity index is 808. The minimum Gasteiger partial charge on any atom is -0.497 e. The molecule has 2 rings (SSSR count). The smallest absolute Gasteiger partial charge is 0.263 e. The second-order valence-electron chi connectivity index (χ2n) is 5.64. The molecular weight excluding hydrogens is 350 g/mol. The minimum atomic E-state index is -0.433. The van der Waals surface area contributed by atoms with E-state index in [1.165, 1.54) is 6.20 Å². The summed E-state index contributed by atoms with van der Waals surface area (Å²) in [5.74, 6) is 0.340. The SMILES string of the molecule is COc1ccc(C(C)N/C=C(/C#N)C(=O)NCc2ccc(Cl)cc2)cc1. The van der Waals surface area contributed by atoms with E-state index >= 15 is 0 Å². The summed E-state index contributed by atoms with van der Waals surface area (Å²) in [7, 11) is 1.61. The number of benzene rings is 2. The van der Waals surface area contributed by atoms with Crippen LogP contribution in [-0.4, -0.2) is 13.0 Å². The number of rotatable bonds is 7. The first-order chi connectivity index (χ1) is 12.5. The van der Waals surface area contributed by atoms with Crippen LogP contribution in [0.5, 0.6) is 5.75 Å². The van der Waals surface area contributed by atoms with E-state index in [0.29, 0.717) is 11.6 Å². The van der Waals surface area contributed by atoms with Crippen molar-refractivity contribution in [3.8, 4) is 11.8 Å². The lowest BCUT2D eigenvalue weighted by molar-refractivity contribution is -0.117. The summed E-state index contributed by atoms with van der Waals surface area (Å²) in [4.78, 5) is 12.2. The van der Waals surface area contributed by atoms with Crippen LogP contribution in [0.4, 0.5) is 0 Å². The average molecular weight is 370 g/mol. The lowest BCUT2D eigenvalue weighted by Crippen LogP contribution is -2.25. The van der Waals surface area contributed by atoms with E-state index in [1.807, 2.05) is 49.4 Å². The maximum absolute atomic E-state index is 12.2. The van der Waals surface area contributed by atoms with E-state index < -0.39 is 5.91 Å². The zero-order valence-corrected chi connectivity index (χ0v) is 15.4. The van der Waals surface area contributed by atoms with Gasteiger partial charge in [0.05, 0.1) is 7.11 Å². The van der Waals surface area contributed by atoms with Crippen molar-refractivity contribution in [2.45, 2.75) is 19.5 Å². The molecule has 0 aliphatic heterocycles. The number of amides is 1. The summed E-state index contributed by atoms with van der Waals surface area (Å²) in [5.41, 5.74) is 1.93. The van der Waals surface area contributed by atoms with Gasteiger partial charge >= 0.3 is 0 Å². The van der Waals surface area contributed by atoms with Gasteiger partial charge in [-0.15, -0.1) is 0 Å². The molecule has 0 aromatic heterocycles. The molecule has 2 aromatic carbocycles. The Labute approximate surface area is 158 Å². The molecule has 6 heteroatoms. The Morgan fingerprint density at radius 2 is 1.88 bits per heavy atom. The maximum atomic E-state index is 12.2. The zero-order chi connectivity index (χ0) is 18.9. The first-order valence-corrected chi connectivity index (χ1v) is 8.44. The molecule has 2 aromatic rings. The third kappa shape index (κ3) is 5.54. The van der Waals surface area contributed by atoms with E-state index in [9.17, 15) is 10.1 Å². The molecule has 0 aliphatic carbocycles. The van der Waals surface area contributed by atoms with Crippen LogP contribution < -0.4 is 15.4 Å². The second-order valence-corrected chi connectivity index (χ2v) is 6.08. The Balaban J connectivity index is 1.94. The topological polar surface area (TPSA) is 74.1 Å². The van der Waals surface area contributed by atoms with Crippen molar-refractivity contribution < 1.29 is 9.53 Å². The van der Waals surface area contributed by atoms with Gasteiger partial charge in [-0.2, -0.15) is 5.26 Å². The molecule has 0 aliphatic rings.